The fraction of sp³-hybridized carbons (Fsp3) is 0.240. The van der Waals surface area contributed by atoms with Crippen LogP contribution in [0.15, 0.2) is 66.8 Å². The summed E-state index contributed by atoms with van der Waals surface area (Å²) in [5, 5.41) is 2.78. The van der Waals surface area contributed by atoms with E-state index in [1.54, 1.807) is 55.7 Å². The smallest absolute Gasteiger partial charge is 0.248 e. The van der Waals surface area contributed by atoms with Crippen molar-refractivity contribution in [2.75, 3.05) is 17.3 Å². The van der Waals surface area contributed by atoms with Crippen molar-refractivity contribution in [2.24, 2.45) is 23.7 Å². The van der Waals surface area contributed by atoms with Crippen molar-refractivity contribution >= 4 is 35.2 Å². The Balaban J connectivity index is 1.30. The number of rotatable bonds is 5. The van der Waals surface area contributed by atoms with Crippen LogP contribution in [0.25, 0.3) is 6.08 Å². The highest BCUT2D eigenvalue weighted by Crippen LogP contribution is 2.53. The van der Waals surface area contributed by atoms with Crippen molar-refractivity contribution in [1.82, 2.24) is 0 Å². The molecule has 2 bridgehead atoms. The Morgan fingerprint density at radius 2 is 1.71 bits per heavy atom. The number of imide groups is 1. The van der Waals surface area contributed by atoms with E-state index in [-0.39, 0.29) is 41.4 Å². The zero-order valence-electron chi connectivity index (χ0n) is 17.0. The number of allylic oxidation sites excluding steroid dienone is 2. The van der Waals surface area contributed by atoms with Crippen molar-refractivity contribution in [2.45, 2.75) is 6.42 Å². The zero-order chi connectivity index (χ0) is 21.5. The minimum absolute atomic E-state index is 0.106. The van der Waals surface area contributed by atoms with Gasteiger partial charge in [0.1, 0.15) is 5.75 Å². The third kappa shape index (κ3) is 3.34. The highest BCUT2D eigenvalue weighted by atomic mass is 16.5. The van der Waals surface area contributed by atoms with Crippen LogP contribution < -0.4 is 15.0 Å². The van der Waals surface area contributed by atoms with Crippen LogP contribution >= 0.6 is 0 Å². The lowest BCUT2D eigenvalue weighted by Gasteiger charge is -2.17. The molecule has 31 heavy (non-hydrogen) atoms. The van der Waals surface area contributed by atoms with Gasteiger partial charge in [-0.3, -0.25) is 14.4 Å². The highest BCUT2D eigenvalue weighted by molar-refractivity contribution is 6.22. The Morgan fingerprint density at radius 1 is 1.03 bits per heavy atom. The molecule has 6 nitrogen and oxygen atoms in total. The Morgan fingerprint density at radius 3 is 2.35 bits per heavy atom. The molecule has 1 N–H and O–H groups in total. The molecule has 0 radical (unpaired) electrons. The second-order valence-electron chi connectivity index (χ2n) is 8.16. The van der Waals surface area contributed by atoms with Gasteiger partial charge in [0, 0.05) is 11.8 Å². The molecule has 2 fully saturated rings. The second-order valence-corrected chi connectivity index (χ2v) is 8.16. The molecule has 2 aromatic rings. The number of nitrogens with one attached hydrogen (secondary N) is 1. The first-order chi connectivity index (χ1) is 15.0. The number of amides is 3. The highest BCUT2D eigenvalue weighted by Gasteiger charge is 2.59. The summed E-state index contributed by atoms with van der Waals surface area (Å²) in [5.41, 5.74) is 1.95. The van der Waals surface area contributed by atoms with Gasteiger partial charge < -0.3 is 10.1 Å². The average Bonchev–Trinajstić information content (AvgIpc) is 3.47. The molecule has 156 valence electrons. The maximum atomic E-state index is 13.0. The SMILES string of the molecule is COc1ccc(NC(=O)/C=C/c2cccc(N3C(=O)C4C5C=CC(C5)C4C3=O)c2)cc1. The van der Waals surface area contributed by atoms with E-state index in [2.05, 4.69) is 17.5 Å². The van der Waals surface area contributed by atoms with E-state index >= 15 is 0 Å². The second kappa shape index (κ2) is 7.54. The van der Waals surface area contributed by atoms with Crippen molar-refractivity contribution in [1.29, 1.82) is 0 Å². The van der Waals surface area contributed by atoms with Crippen LogP contribution in [0.5, 0.6) is 5.75 Å². The van der Waals surface area contributed by atoms with Gasteiger partial charge in [-0.2, -0.15) is 0 Å². The Bertz CT molecular complexity index is 1090. The van der Waals surface area contributed by atoms with Gasteiger partial charge in [0.2, 0.25) is 17.7 Å². The fourth-order valence-corrected chi connectivity index (χ4v) is 4.95. The largest absolute Gasteiger partial charge is 0.497 e. The molecule has 3 aliphatic rings. The molecule has 4 unspecified atom stereocenters. The van der Waals surface area contributed by atoms with Crippen LogP contribution in [0.4, 0.5) is 11.4 Å². The van der Waals surface area contributed by atoms with Crippen LogP contribution in [-0.2, 0) is 14.4 Å². The molecule has 2 aromatic carbocycles. The van der Waals surface area contributed by atoms with Crippen LogP contribution in [0.1, 0.15) is 12.0 Å². The first-order valence-corrected chi connectivity index (χ1v) is 10.3. The van der Waals surface area contributed by atoms with Gasteiger partial charge in [0.05, 0.1) is 24.6 Å². The summed E-state index contributed by atoms with van der Waals surface area (Å²) in [6, 6.07) is 14.2. The summed E-state index contributed by atoms with van der Waals surface area (Å²) < 4.78 is 5.11. The average molecular weight is 414 g/mol. The normalized spacial score (nSPS) is 26.0. The van der Waals surface area contributed by atoms with Gasteiger partial charge in [0.25, 0.3) is 0 Å². The van der Waals surface area contributed by atoms with Gasteiger partial charge in [-0.25, -0.2) is 4.90 Å². The van der Waals surface area contributed by atoms with Crippen LogP contribution in [0.3, 0.4) is 0 Å². The molecule has 0 spiro atoms. The summed E-state index contributed by atoms with van der Waals surface area (Å²) in [6.07, 6.45) is 8.17. The van der Waals surface area contributed by atoms with E-state index in [0.29, 0.717) is 17.1 Å². The number of methoxy groups -OCH3 is 1. The van der Waals surface area contributed by atoms with Crippen molar-refractivity contribution in [3.8, 4) is 5.75 Å². The van der Waals surface area contributed by atoms with Gasteiger partial charge in [0.15, 0.2) is 0 Å². The maximum Gasteiger partial charge on any atom is 0.248 e. The molecule has 0 aromatic heterocycles. The third-order valence-electron chi connectivity index (χ3n) is 6.38. The molecule has 3 amide bonds. The lowest BCUT2D eigenvalue weighted by Crippen LogP contribution is -2.32. The van der Waals surface area contributed by atoms with Crippen LogP contribution in [-0.4, -0.2) is 24.8 Å². The number of ether oxygens (including phenoxy) is 1. The lowest BCUT2D eigenvalue weighted by molar-refractivity contribution is -0.123. The third-order valence-corrected chi connectivity index (χ3v) is 6.38. The number of hydrogen-bond acceptors (Lipinski definition) is 4. The van der Waals surface area contributed by atoms with E-state index in [4.69, 9.17) is 4.74 Å². The van der Waals surface area contributed by atoms with Crippen molar-refractivity contribution in [3.05, 3.63) is 72.3 Å². The van der Waals surface area contributed by atoms with Crippen molar-refractivity contribution < 1.29 is 19.1 Å². The molecule has 1 saturated carbocycles. The fourth-order valence-electron chi connectivity index (χ4n) is 4.95. The van der Waals surface area contributed by atoms with Crippen LogP contribution in [0.2, 0.25) is 0 Å². The molecule has 1 aliphatic heterocycles. The summed E-state index contributed by atoms with van der Waals surface area (Å²) in [4.78, 5) is 39.6. The first-order valence-electron chi connectivity index (χ1n) is 10.3. The molecule has 4 atom stereocenters. The molecule has 6 heteroatoms. The number of benzene rings is 2. The topological polar surface area (TPSA) is 75.7 Å². The Kier molecular flexibility index (Phi) is 4.70. The van der Waals surface area contributed by atoms with Gasteiger partial charge in [-0.1, -0.05) is 24.3 Å². The minimum Gasteiger partial charge on any atom is -0.497 e. The molecule has 5 rings (SSSR count). The summed E-state index contributed by atoms with van der Waals surface area (Å²) in [6.45, 7) is 0. The number of nitrogens with zero attached hydrogens (tertiary/aromatic N) is 1. The number of anilines is 2. The maximum absolute atomic E-state index is 13.0. The molecule has 1 saturated heterocycles. The quantitative estimate of drug-likeness (QED) is 0.460. The minimum atomic E-state index is -0.277. The predicted molar refractivity (Wildman–Crippen MR) is 117 cm³/mol. The molecular formula is C25H22N2O4. The summed E-state index contributed by atoms with van der Waals surface area (Å²) in [7, 11) is 1.58. The number of hydrogen-bond donors (Lipinski definition) is 1. The zero-order valence-corrected chi connectivity index (χ0v) is 17.0. The van der Waals surface area contributed by atoms with Gasteiger partial charge >= 0.3 is 0 Å². The van der Waals surface area contributed by atoms with Gasteiger partial charge in [-0.15, -0.1) is 0 Å². The van der Waals surface area contributed by atoms with E-state index in [1.807, 2.05) is 6.07 Å². The summed E-state index contributed by atoms with van der Waals surface area (Å²) in [5.74, 6) is 0.136. The van der Waals surface area contributed by atoms with Gasteiger partial charge in [-0.05, 0) is 66.3 Å². The Labute approximate surface area is 180 Å². The first kappa shape index (κ1) is 19.3. The summed E-state index contributed by atoms with van der Waals surface area (Å²) >= 11 is 0. The van der Waals surface area contributed by atoms with Crippen molar-refractivity contribution in [3.63, 3.8) is 0 Å². The lowest BCUT2D eigenvalue weighted by atomic mass is 9.85. The van der Waals surface area contributed by atoms with E-state index in [0.717, 1.165) is 12.0 Å². The number of carbonyl (C=O) groups is 3. The van der Waals surface area contributed by atoms with Crippen LogP contribution in [0, 0.1) is 23.7 Å². The Hall–Kier alpha value is -3.67. The monoisotopic (exact) mass is 414 g/mol. The number of fused-ring (bicyclic) bond motifs is 5. The standard InChI is InChI=1S/C25H22N2O4/c1-31-20-10-8-18(9-11-20)26-21(28)12-5-15-3-2-4-19(13-15)27-24(29)22-16-6-7-17(14-16)23(22)25(27)30/h2-13,16-17,22-23H,14H2,1H3,(H,26,28)/b12-5+. The van der Waals surface area contributed by atoms with E-state index in [1.165, 1.54) is 11.0 Å². The number of carbonyl (C=O) groups excluding carboxylic acids is 3. The molecule has 2 aliphatic carbocycles. The van der Waals surface area contributed by atoms with E-state index in [9.17, 15) is 14.4 Å². The van der Waals surface area contributed by atoms with E-state index < -0.39 is 0 Å². The molecule has 1 heterocycles. The predicted octanol–water partition coefficient (Wildman–Crippen LogP) is 3.66. The molecular weight excluding hydrogens is 392 g/mol.